The number of thioether (sulfide) groups is 1. The van der Waals surface area contributed by atoms with Crippen LogP contribution in [0.1, 0.15) is 18.3 Å². The average molecular weight is 555 g/mol. The molecule has 1 aromatic heterocycles. The lowest BCUT2D eigenvalue weighted by atomic mass is 10.2. The summed E-state index contributed by atoms with van der Waals surface area (Å²) >= 11 is 13.4. The molecule has 4 rings (SSSR count). The number of amides is 1. The molecular formula is C26H24Cl2N6O2S. The fraction of sp³-hybridized carbons (Fsp3) is 0.154. The first-order valence-corrected chi connectivity index (χ1v) is 12.9. The molecule has 0 unspecified atom stereocenters. The Morgan fingerprint density at radius 1 is 1.11 bits per heavy atom. The van der Waals surface area contributed by atoms with Gasteiger partial charge >= 0.3 is 0 Å². The summed E-state index contributed by atoms with van der Waals surface area (Å²) in [6.45, 7) is 2.18. The van der Waals surface area contributed by atoms with Gasteiger partial charge in [0.25, 0.3) is 5.91 Å². The highest BCUT2D eigenvalue weighted by atomic mass is 35.5. The Balaban J connectivity index is 1.48. The molecule has 0 aliphatic carbocycles. The Kier molecular flexibility index (Phi) is 9.05. The Morgan fingerprint density at radius 2 is 1.86 bits per heavy atom. The minimum atomic E-state index is -0.500. The standard InChI is InChI=1S/C26H24Cl2N6O2S/c1-17(25(35)32-30-15-18-12-13-19(27)14-21(18)28)37-26-33-31-24(34(26)20-8-4-3-5-9-20)16-29-22-10-6-7-11-23(22)36-2/h3-15,17,29H,16H2,1-2H3,(H,32,35)/t17-/m0/s1. The van der Waals surface area contributed by atoms with Gasteiger partial charge in [0, 0.05) is 16.3 Å². The van der Waals surface area contributed by atoms with Crippen molar-refractivity contribution in [1.29, 1.82) is 0 Å². The first kappa shape index (κ1) is 26.5. The van der Waals surface area contributed by atoms with Crippen LogP contribution >= 0.6 is 35.0 Å². The smallest absolute Gasteiger partial charge is 0.253 e. The van der Waals surface area contributed by atoms with E-state index in [0.29, 0.717) is 33.1 Å². The second-order valence-electron chi connectivity index (χ2n) is 7.78. The van der Waals surface area contributed by atoms with E-state index < -0.39 is 5.25 Å². The van der Waals surface area contributed by atoms with Crippen LogP contribution in [0.4, 0.5) is 5.69 Å². The van der Waals surface area contributed by atoms with E-state index in [1.54, 1.807) is 32.2 Å². The number of para-hydroxylation sites is 3. The van der Waals surface area contributed by atoms with Gasteiger partial charge in [-0.2, -0.15) is 5.10 Å². The number of nitrogens with zero attached hydrogens (tertiary/aromatic N) is 4. The molecule has 2 N–H and O–H groups in total. The maximum Gasteiger partial charge on any atom is 0.253 e. The molecule has 37 heavy (non-hydrogen) atoms. The molecule has 11 heteroatoms. The molecule has 0 saturated heterocycles. The number of methoxy groups -OCH3 is 1. The van der Waals surface area contributed by atoms with Crippen LogP contribution in [0.15, 0.2) is 83.1 Å². The predicted molar refractivity (Wildman–Crippen MR) is 149 cm³/mol. The molecule has 0 aliphatic rings. The van der Waals surface area contributed by atoms with E-state index in [4.69, 9.17) is 27.9 Å². The highest BCUT2D eigenvalue weighted by Gasteiger charge is 2.21. The molecule has 0 spiro atoms. The molecule has 190 valence electrons. The van der Waals surface area contributed by atoms with Crippen molar-refractivity contribution in [3.63, 3.8) is 0 Å². The number of benzene rings is 3. The van der Waals surface area contributed by atoms with E-state index in [-0.39, 0.29) is 5.91 Å². The number of aromatic nitrogens is 3. The molecule has 3 aromatic carbocycles. The van der Waals surface area contributed by atoms with Crippen LogP contribution < -0.4 is 15.5 Å². The first-order valence-electron chi connectivity index (χ1n) is 11.3. The largest absolute Gasteiger partial charge is 0.495 e. The van der Waals surface area contributed by atoms with Crippen LogP contribution in [-0.2, 0) is 11.3 Å². The average Bonchev–Trinajstić information content (AvgIpc) is 3.31. The van der Waals surface area contributed by atoms with Crippen LogP contribution in [0, 0.1) is 0 Å². The Labute approximate surface area is 229 Å². The van der Waals surface area contributed by atoms with Gasteiger partial charge in [0.1, 0.15) is 5.75 Å². The molecule has 0 saturated carbocycles. The van der Waals surface area contributed by atoms with E-state index in [9.17, 15) is 4.79 Å². The normalized spacial score (nSPS) is 11.9. The highest BCUT2D eigenvalue weighted by Crippen LogP contribution is 2.28. The van der Waals surface area contributed by atoms with Gasteiger partial charge in [0.2, 0.25) is 0 Å². The molecular weight excluding hydrogens is 531 g/mol. The Morgan fingerprint density at radius 3 is 2.62 bits per heavy atom. The number of hydrogen-bond donors (Lipinski definition) is 2. The van der Waals surface area contributed by atoms with Gasteiger partial charge in [-0.1, -0.05) is 71.4 Å². The summed E-state index contributed by atoms with van der Waals surface area (Å²) in [6.07, 6.45) is 1.47. The zero-order valence-corrected chi connectivity index (χ0v) is 22.4. The lowest BCUT2D eigenvalue weighted by molar-refractivity contribution is -0.120. The lowest BCUT2D eigenvalue weighted by Gasteiger charge is -2.14. The summed E-state index contributed by atoms with van der Waals surface area (Å²) in [5.74, 6) is 1.12. The number of halogens is 2. The molecule has 1 atom stereocenters. The van der Waals surface area contributed by atoms with Crippen LogP contribution in [0.2, 0.25) is 10.0 Å². The topological polar surface area (TPSA) is 93.4 Å². The molecule has 1 amide bonds. The molecule has 4 aromatic rings. The zero-order valence-electron chi connectivity index (χ0n) is 20.1. The first-order chi connectivity index (χ1) is 18.0. The van der Waals surface area contributed by atoms with Gasteiger partial charge < -0.3 is 10.1 Å². The summed E-state index contributed by atoms with van der Waals surface area (Å²) in [5, 5.41) is 17.2. The quantitative estimate of drug-likeness (QED) is 0.145. The number of hydrogen-bond acceptors (Lipinski definition) is 7. The summed E-state index contributed by atoms with van der Waals surface area (Å²) < 4.78 is 7.35. The second-order valence-corrected chi connectivity index (χ2v) is 9.94. The number of hydrazone groups is 1. The van der Waals surface area contributed by atoms with Crippen molar-refractivity contribution in [2.24, 2.45) is 5.10 Å². The molecule has 0 fully saturated rings. The third-order valence-electron chi connectivity index (χ3n) is 5.25. The zero-order chi connectivity index (χ0) is 26.2. The predicted octanol–water partition coefficient (Wildman–Crippen LogP) is 5.83. The molecule has 1 heterocycles. The van der Waals surface area contributed by atoms with Crippen LogP contribution in [0.5, 0.6) is 5.75 Å². The van der Waals surface area contributed by atoms with E-state index in [1.165, 1.54) is 18.0 Å². The van der Waals surface area contributed by atoms with Crippen molar-refractivity contribution in [2.45, 2.75) is 23.9 Å². The number of anilines is 1. The van der Waals surface area contributed by atoms with E-state index in [0.717, 1.165) is 17.1 Å². The van der Waals surface area contributed by atoms with Gasteiger partial charge in [0.15, 0.2) is 11.0 Å². The minimum absolute atomic E-state index is 0.289. The SMILES string of the molecule is COc1ccccc1NCc1nnc(S[C@@H](C)C(=O)NN=Cc2ccc(Cl)cc2Cl)n1-c1ccccc1. The summed E-state index contributed by atoms with van der Waals surface area (Å²) in [5.41, 5.74) is 4.92. The van der Waals surface area contributed by atoms with E-state index in [1.807, 2.05) is 59.2 Å². The second kappa shape index (κ2) is 12.6. The lowest BCUT2D eigenvalue weighted by Crippen LogP contribution is -2.27. The molecule has 0 radical (unpaired) electrons. The minimum Gasteiger partial charge on any atom is -0.495 e. The van der Waals surface area contributed by atoms with Crippen molar-refractivity contribution in [3.8, 4) is 11.4 Å². The van der Waals surface area contributed by atoms with Crippen molar-refractivity contribution in [3.05, 3.63) is 94.2 Å². The van der Waals surface area contributed by atoms with E-state index >= 15 is 0 Å². The molecule has 0 bridgehead atoms. The van der Waals surface area contributed by atoms with Gasteiger partial charge in [0.05, 0.1) is 35.8 Å². The number of carbonyl (C=O) groups is 1. The number of rotatable bonds is 10. The molecule has 0 aliphatic heterocycles. The summed E-state index contributed by atoms with van der Waals surface area (Å²) in [6, 6.07) is 22.4. The van der Waals surface area contributed by atoms with Gasteiger partial charge in [-0.15, -0.1) is 10.2 Å². The molecule has 8 nitrogen and oxygen atoms in total. The fourth-order valence-corrected chi connectivity index (χ4v) is 4.70. The van der Waals surface area contributed by atoms with Crippen LogP contribution in [-0.4, -0.2) is 39.2 Å². The van der Waals surface area contributed by atoms with Gasteiger partial charge in [-0.3, -0.25) is 9.36 Å². The van der Waals surface area contributed by atoms with Gasteiger partial charge in [-0.25, -0.2) is 5.43 Å². The van der Waals surface area contributed by atoms with Gasteiger partial charge in [-0.05, 0) is 43.3 Å². The van der Waals surface area contributed by atoms with E-state index in [2.05, 4.69) is 26.0 Å². The van der Waals surface area contributed by atoms with Crippen LogP contribution in [0.3, 0.4) is 0 Å². The monoisotopic (exact) mass is 554 g/mol. The maximum atomic E-state index is 12.7. The highest BCUT2D eigenvalue weighted by molar-refractivity contribution is 8.00. The number of nitrogens with one attached hydrogen (secondary N) is 2. The maximum absolute atomic E-state index is 12.7. The Hall–Kier alpha value is -3.53. The summed E-state index contributed by atoms with van der Waals surface area (Å²) in [4.78, 5) is 12.7. The fourth-order valence-electron chi connectivity index (χ4n) is 3.37. The third-order valence-corrected chi connectivity index (χ3v) is 6.86. The van der Waals surface area contributed by atoms with Crippen molar-refractivity contribution >= 4 is 52.8 Å². The van der Waals surface area contributed by atoms with Crippen molar-refractivity contribution in [2.75, 3.05) is 12.4 Å². The van der Waals surface area contributed by atoms with Crippen molar-refractivity contribution < 1.29 is 9.53 Å². The third kappa shape index (κ3) is 6.82. The number of carbonyl (C=O) groups excluding carboxylic acids is 1. The van der Waals surface area contributed by atoms with Crippen molar-refractivity contribution in [1.82, 2.24) is 20.2 Å². The van der Waals surface area contributed by atoms with Crippen LogP contribution in [0.25, 0.3) is 5.69 Å². The Bertz CT molecular complexity index is 1400. The summed E-state index contributed by atoms with van der Waals surface area (Å²) in [7, 11) is 1.63. The number of ether oxygens (including phenoxy) is 1.